The van der Waals surface area contributed by atoms with Crippen LogP contribution < -0.4 is 5.32 Å². The minimum atomic E-state index is 0.119. The van der Waals surface area contributed by atoms with Crippen LogP contribution in [0.15, 0.2) is 11.6 Å². The number of likely N-dealkylation sites (tertiary alicyclic amines) is 1. The van der Waals surface area contributed by atoms with Gasteiger partial charge in [0.15, 0.2) is 0 Å². The molecule has 4 nitrogen and oxygen atoms in total. The van der Waals surface area contributed by atoms with Crippen LogP contribution in [0, 0.1) is 0 Å². The number of hydrogen-bond acceptors (Lipinski definition) is 4. The van der Waals surface area contributed by atoms with E-state index in [1.807, 2.05) is 5.38 Å². The summed E-state index contributed by atoms with van der Waals surface area (Å²) < 4.78 is 0. The fourth-order valence-electron chi connectivity index (χ4n) is 2.98. The maximum absolute atomic E-state index is 12.1. The zero-order valence-electron chi connectivity index (χ0n) is 10.5. The summed E-state index contributed by atoms with van der Waals surface area (Å²) in [5, 5.41) is 5.93. The molecule has 1 aromatic heterocycles. The van der Waals surface area contributed by atoms with Gasteiger partial charge in [0, 0.05) is 24.2 Å². The zero-order valence-corrected chi connectivity index (χ0v) is 11.3. The maximum atomic E-state index is 12.1. The molecule has 2 aliphatic rings. The number of hydrogen-bond donors (Lipinski definition) is 1. The molecule has 0 radical (unpaired) electrons. The van der Waals surface area contributed by atoms with Gasteiger partial charge in [-0.1, -0.05) is 12.8 Å². The standard InChI is InChI=1S/C13H19N3OS/c17-13(15-9-12-14-6-8-18-12)11-5-7-16(11)10-3-1-2-4-10/h6,8,10-11H,1-5,7,9H2,(H,15,17). The summed E-state index contributed by atoms with van der Waals surface area (Å²) in [4.78, 5) is 18.7. The normalized spacial score (nSPS) is 25.0. The highest BCUT2D eigenvalue weighted by molar-refractivity contribution is 7.09. The van der Waals surface area contributed by atoms with Crippen molar-refractivity contribution < 1.29 is 4.79 Å². The molecule has 18 heavy (non-hydrogen) atoms. The van der Waals surface area contributed by atoms with Gasteiger partial charge in [-0.05, 0) is 19.3 Å². The first-order valence-electron chi connectivity index (χ1n) is 6.76. The Balaban J connectivity index is 1.50. The molecule has 1 saturated carbocycles. The maximum Gasteiger partial charge on any atom is 0.237 e. The average Bonchev–Trinajstić information content (AvgIpc) is 2.97. The van der Waals surface area contributed by atoms with Crippen LogP contribution in [0.4, 0.5) is 0 Å². The second-order valence-electron chi connectivity index (χ2n) is 5.12. The second-order valence-corrected chi connectivity index (χ2v) is 6.10. The molecule has 1 unspecified atom stereocenters. The van der Waals surface area contributed by atoms with E-state index >= 15 is 0 Å². The summed E-state index contributed by atoms with van der Waals surface area (Å²) in [6, 6.07) is 0.780. The first-order valence-corrected chi connectivity index (χ1v) is 7.64. The third-order valence-corrected chi connectivity index (χ3v) is 4.83. The van der Waals surface area contributed by atoms with Gasteiger partial charge in [-0.25, -0.2) is 4.98 Å². The van der Waals surface area contributed by atoms with Crippen LogP contribution in [-0.4, -0.2) is 34.4 Å². The molecule has 1 N–H and O–H groups in total. The van der Waals surface area contributed by atoms with Gasteiger partial charge in [0.25, 0.3) is 0 Å². The highest BCUT2D eigenvalue weighted by atomic mass is 32.1. The smallest absolute Gasteiger partial charge is 0.237 e. The minimum absolute atomic E-state index is 0.119. The number of carbonyl (C=O) groups excluding carboxylic acids is 1. The van der Waals surface area contributed by atoms with Gasteiger partial charge >= 0.3 is 0 Å². The Kier molecular flexibility index (Phi) is 3.61. The summed E-state index contributed by atoms with van der Waals surface area (Å²) in [6.07, 6.45) is 8.00. The Hall–Kier alpha value is -0.940. The van der Waals surface area contributed by atoms with E-state index in [0.717, 1.165) is 18.0 Å². The molecule has 2 heterocycles. The average molecular weight is 265 g/mol. The van der Waals surface area contributed by atoms with Crippen molar-refractivity contribution in [1.82, 2.24) is 15.2 Å². The van der Waals surface area contributed by atoms with Gasteiger partial charge in [0.05, 0.1) is 12.6 Å². The molecule has 3 rings (SSSR count). The van der Waals surface area contributed by atoms with E-state index in [1.165, 1.54) is 25.7 Å². The summed E-state index contributed by atoms with van der Waals surface area (Å²) in [7, 11) is 0. The van der Waals surface area contributed by atoms with E-state index in [1.54, 1.807) is 17.5 Å². The van der Waals surface area contributed by atoms with Crippen molar-refractivity contribution >= 4 is 17.2 Å². The van der Waals surface area contributed by atoms with Gasteiger partial charge in [0.1, 0.15) is 5.01 Å². The summed E-state index contributed by atoms with van der Waals surface area (Å²) in [5.41, 5.74) is 0. The third kappa shape index (κ3) is 2.42. The first kappa shape index (κ1) is 12.1. The zero-order chi connectivity index (χ0) is 12.4. The molecule has 1 aliphatic heterocycles. The van der Waals surface area contributed by atoms with Crippen molar-refractivity contribution in [3.05, 3.63) is 16.6 Å². The number of aromatic nitrogens is 1. The SMILES string of the molecule is O=C(NCc1nccs1)C1CCN1C1CCCC1. The van der Waals surface area contributed by atoms with E-state index in [-0.39, 0.29) is 11.9 Å². The Morgan fingerprint density at radius 1 is 1.44 bits per heavy atom. The lowest BCUT2D eigenvalue weighted by molar-refractivity contribution is -0.132. The van der Waals surface area contributed by atoms with Gasteiger partial charge in [0.2, 0.25) is 5.91 Å². The van der Waals surface area contributed by atoms with Crippen molar-refractivity contribution in [3.63, 3.8) is 0 Å². The first-order chi connectivity index (χ1) is 8.84. The van der Waals surface area contributed by atoms with E-state index < -0.39 is 0 Å². The van der Waals surface area contributed by atoms with Gasteiger partial charge in [-0.3, -0.25) is 9.69 Å². The van der Waals surface area contributed by atoms with Gasteiger partial charge in [-0.2, -0.15) is 0 Å². The van der Waals surface area contributed by atoms with Crippen molar-refractivity contribution in [2.24, 2.45) is 0 Å². The number of rotatable bonds is 4. The largest absolute Gasteiger partial charge is 0.348 e. The Labute approximate surface area is 111 Å². The molecule has 0 bridgehead atoms. The van der Waals surface area contributed by atoms with Crippen molar-refractivity contribution in [2.75, 3.05) is 6.54 Å². The molecule has 0 spiro atoms. The van der Waals surface area contributed by atoms with Crippen LogP contribution in [-0.2, 0) is 11.3 Å². The molecular weight excluding hydrogens is 246 g/mol. The number of nitrogens with zero attached hydrogens (tertiary/aromatic N) is 2. The van der Waals surface area contributed by atoms with Gasteiger partial charge < -0.3 is 5.32 Å². The highest BCUT2D eigenvalue weighted by Gasteiger charge is 2.39. The molecule has 1 saturated heterocycles. The Morgan fingerprint density at radius 3 is 2.89 bits per heavy atom. The number of carbonyl (C=O) groups is 1. The van der Waals surface area contributed by atoms with E-state index in [9.17, 15) is 4.79 Å². The van der Waals surface area contributed by atoms with Crippen LogP contribution >= 0.6 is 11.3 Å². The highest BCUT2D eigenvalue weighted by Crippen LogP contribution is 2.30. The van der Waals surface area contributed by atoms with Crippen LogP contribution in [0.2, 0.25) is 0 Å². The van der Waals surface area contributed by atoms with Crippen molar-refractivity contribution in [3.8, 4) is 0 Å². The lowest BCUT2D eigenvalue weighted by Gasteiger charge is -2.43. The molecule has 1 aliphatic carbocycles. The van der Waals surface area contributed by atoms with E-state index in [0.29, 0.717) is 12.6 Å². The number of thiazole rings is 1. The van der Waals surface area contributed by atoms with E-state index in [2.05, 4.69) is 15.2 Å². The number of amides is 1. The summed E-state index contributed by atoms with van der Waals surface area (Å²) >= 11 is 1.59. The predicted octanol–water partition coefficient (Wildman–Crippen LogP) is 1.78. The molecule has 2 fully saturated rings. The fourth-order valence-corrected chi connectivity index (χ4v) is 3.54. The molecular formula is C13H19N3OS. The van der Waals surface area contributed by atoms with Crippen LogP contribution in [0.5, 0.6) is 0 Å². The fraction of sp³-hybridized carbons (Fsp3) is 0.692. The molecule has 1 atom stereocenters. The monoisotopic (exact) mass is 265 g/mol. The van der Waals surface area contributed by atoms with Crippen molar-refractivity contribution in [2.45, 2.75) is 50.7 Å². The summed E-state index contributed by atoms with van der Waals surface area (Å²) in [6.45, 7) is 1.67. The van der Waals surface area contributed by atoms with Crippen LogP contribution in [0.1, 0.15) is 37.1 Å². The summed E-state index contributed by atoms with van der Waals surface area (Å²) in [5.74, 6) is 0.184. The lowest BCUT2D eigenvalue weighted by atomic mass is 9.98. The molecule has 1 amide bonds. The van der Waals surface area contributed by atoms with Crippen LogP contribution in [0.25, 0.3) is 0 Å². The number of nitrogens with one attached hydrogen (secondary N) is 1. The Morgan fingerprint density at radius 2 is 2.28 bits per heavy atom. The molecule has 98 valence electrons. The van der Waals surface area contributed by atoms with Crippen LogP contribution in [0.3, 0.4) is 0 Å². The minimum Gasteiger partial charge on any atom is -0.348 e. The van der Waals surface area contributed by atoms with E-state index in [4.69, 9.17) is 0 Å². The Bertz CT molecular complexity index is 400. The third-order valence-electron chi connectivity index (χ3n) is 4.05. The molecule has 5 heteroatoms. The second kappa shape index (κ2) is 5.36. The molecule has 0 aromatic carbocycles. The topological polar surface area (TPSA) is 45.2 Å². The lowest BCUT2D eigenvalue weighted by Crippen LogP contribution is -2.59. The quantitative estimate of drug-likeness (QED) is 0.902. The predicted molar refractivity (Wildman–Crippen MR) is 71.3 cm³/mol. The van der Waals surface area contributed by atoms with Crippen molar-refractivity contribution in [1.29, 1.82) is 0 Å². The molecule has 1 aromatic rings. The van der Waals surface area contributed by atoms with Gasteiger partial charge in [-0.15, -0.1) is 11.3 Å².